The van der Waals surface area contributed by atoms with Crippen molar-refractivity contribution in [1.29, 1.82) is 0 Å². The first-order chi connectivity index (χ1) is 19.4. The predicted molar refractivity (Wildman–Crippen MR) is 152 cm³/mol. The fraction of sp³-hybridized carbons (Fsp3) is 0.571. The molecule has 0 aromatic carbocycles. The SMILES string of the molecule is COc1cc2cc(n1)NC(=O)/C(C)=C/CC[C@H](OC(N)=O)[C@@H](OC(N)=O)/C(C)=C/[C@H](C)[C@@H](OC)[C@@H](OC)CN(C)C2. The summed E-state index contributed by atoms with van der Waals surface area (Å²) in [5.41, 5.74) is 12.6. The van der Waals surface area contributed by atoms with Crippen molar-refractivity contribution in [3.8, 4) is 5.88 Å². The first-order valence-corrected chi connectivity index (χ1v) is 13.3. The van der Waals surface area contributed by atoms with Gasteiger partial charge >= 0.3 is 12.2 Å². The van der Waals surface area contributed by atoms with Gasteiger partial charge in [-0.1, -0.05) is 19.1 Å². The number of hydrogen-bond donors (Lipinski definition) is 3. The van der Waals surface area contributed by atoms with E-state index in [0.29, 0.717) is 42.4 Å². The molecule has 2 rings (SSSR count). The summed E-state index contributed by atoms with van der Waals surface area (Å²) < 4.78 is 27.8. The van der Waals surface area contributed by atoms with Gasteiger partial charge in [-0.05, 0) is 50.9 Å². The molecule has 0 unspecified atom stereocenters. The van der Waals surface area contributed by atoms with Crippen molar-refractivity contribution in [3.63, 3.8) is 0 Å². The number of methoxy groups -OCH3 is 3. The Labute approximate surface area is 241 Å². The minimum Gasteiger partial charge on any atom is -0.481 e. The Morgan fingerprint density at radius 1 is 1.05 bits per heavy atom. The third-order valence-corrected chi connectivity index (χ3v) is 6.80. The highest BCUT2D eigenvalue weighted by molar-refractivity contribution is 6.02. The zero-order valence-corrected chi connectivity index (χ0v) is 24.8. The molecule has 1 aromatic rings. The van der Waals surface area contributed by atoms with Crippen LogP contribution in [0.5, 0.6) is 5.88 Å². The zero-order valence-electron chi connectivity index (χ0n) is 24.8. The molecular weight excluding hydrogens is 534 g/mol. The second kappa shape index (κ2) is 15.9. The summed E-state index contributed by atoms with van der Waals surface area (Å²) in [6, 6.07) is 3.59. The van der Waals surface area contributed by atoms with E-state index in [9.17, 15) is 14.4 Å². The number of amides is 3. The lowest BCUT2D eigenvalue weighted by Crippen LogP contribution is -2.43. The maximum absolute atomic E-state index is 12.9. The average molecular weight is 578 g/mol. The Morgan fingerprint density at radius 3 is 2.32 bits per heavy atom. The van der Waals surface area contributed by atoms with Crippen LogP contribution in [0, 0.1) is 5.92 Å². The van der Waals surface area contributed by atoms with Gasteiger partial charge in [-0.15, -0.1) is 0 Å². The number of fused-ring (bicyclic) bond motifs is 2. The molecule has 2 heterocycles. The summed E-state index contributed by atoms with van der Waals surface area (Å²) in [6.45, 7) is 6.34. The Kier molecular flexibility index (Phi) is 13.0. The second-order valence-electron chi connectivity index (χ2n) is 10.1. The Balaban J connectivity index is 2.58. The van der Waals surface area contributed by atoms with Crippen molar-refractivity contribution >= 4 is 23.9 Å². The normalized spacial score (nSPS) is 27.9. The molecule has 1 aliphatic heterocycles. The van der Waals surface area contributed by atoms with E-state index in [0.717, 1.165) is 5.56 Å². The Morgan fingerprint density at radius 2 is 1.73 bits per heavy atom. The van der Waals surface area contributed by atoms with Gasteiger partial charge in [0.15, 0.2) is 6.10 Å². The van der Waals surface area contributed by atoms with Gasteiger partial charge in [0.1, 0.15) is 11.9 Å². The van der Waals surface area contributed by atoms with Crippen LogP contribution in [0.4, 0.5) is 15.4 Å². The van der Waals surface area contributed by atoms with E-state index < -0.39 is 30.5 Å². The molecule has 3 amide bonds. The minimum absolute atomic E-state index is 0.186. The lowest BCUT2D eigenvalue weighted by Gasteiger charge is -2.32. The van der Waals surface area contributed by atoms with Gasteiger partial charge in [-0.3, -0.25) is 9.69 Å². The van der Waals surface area contributed by atoms with E-state index in [4.69, 9.17) is 35.2 Å². The van der Waals surface area contributed by atoms with E-state index in [1.165, 1.54) is 7.11 Å². The first-order valence-electron chi connectivity index (χ1n) is 13.3. The summed E-state index contributed by atoms with van der Waals surface area (Å²) in [7, 11) is 6.65. The fourth-order valence-corrected chi connectivity index (χ4v) is 4.90. The monoisotopic (exact) mass is 577 g/mol. The number of nitrogens with one attached hydrogen (secondary N) is 1. The fourth-order valence-electron chi connectivity index (χ4n) is 4.90. The van der Waals surface area contributed by atoms with Crippen molar-refractivity contribution in [1.82, 2.24) is 9.88 Å². The molecule has 13 heteroatoms. The van der Waals surface area contributed by atoms with Crippen LogP contribution in [0.15, 0.2) is 35.4 Å². The zero-order chi connectivity index (χ0) is 30.7. The van der Waals surface area contributed by atoms with Crippen LogP contribution in [-0.4, -0.2) is 87.3 Å². The summed E-state index contributed by atoms with van der Waals surface area (Å²) in [5, 5.41) is 2.80. The predicted octanol–water partition coefficient (Wildman–Crippen LogP) is 2.74. The highest BCUT2D eigenvalue weighted by Gasteiger charge is 2.32. The number of aromatic nitrogens is 1. The number of likely N-dealkylation sites (N-methyl/N-ethyl adjacent to an activating group) is 1. The number of carbonyl (C=O) groups is 3. The van der Waals surface area contributed by atoms with E-state index in [1.54, 1.807) is 46.3 Å². The molecule has 13 nitrogen and oxygen atoms in total. The molecule has 1 aliphatic rings. The summed E-state index contributed by atoms with van der Waals surface area (Å²) in [4.78, 5) is 42.9. The lowest BCUT2D eigenvalue weighted by atomic mass is 9.93. The third kappa shape index (κ3) is 10.3. The van der Waals surface area contributed by atoms with Crippen molar-refractivity contribution in [2.75, 3.05) is 40.2 Å². The summed E-state index contributed by atoms with van der Waals surface area (Å²) in [6.07, 6.45) is -0.775. The van der Waals surface area contributed by atoms with E-state index in [2.05, 4.69) is 15.2 Å². The second-order valence-corrected chi connectivity index (χ2v) is 10.1. The van der Waals surface area contributed by atoms with Crippen LogP contribution in [0.3, 0.4) is 0 Å². The average Bonchev–Trinajstić information content (AvgIpc) is 2.89. The maximum atomic E-state index is 12.9. The van der Waals surface area contributed by atoms with Crippen molar-refractivity contribution in [3.05, 3.63) is 41.0 Å². The van der Waals surface area contributed by atoms with Crippen molar-refractivity contribution in [2.24, 2.45) is 17.4 Å². The first kappa shape index (κ1) is 33.5. The number of allylic oxidation sites excluding steroid dienone is 1. The molecule has 0 saturated carbocycles. The highest BCUT2D eigenvalue weighted by Crippen LogP contribution is 2.25. The van der Waals surface area contributed by atoms with Crippen molar-refractivity contribution in [2.45, 2.75) is 64.6 Å². The largest absolute Gasteiger partial charge is 0.481 e. The number of nitrogens with zero attached hydrogens (tertiary/aromatic N) is 2. The topological polar surface area (TPSA) is 178 Å². The van der Waals surface area contributed by atoms with Gasteiger partial charge in [-0.25, -0.2) is 9.59 Å². The molecule has 5 N–H and O–H groups in total. The number of hydrogen-bond acceptors (Lipinski definition) is 10. The molecule has 2 bridgehead atoms. The standard InChI is InChI=1S/C28H43N5O8/c1-16-9-8-10-20(40-27(29)35)25(41-28(30)36)18(3)11-17(2)24(39-7)21(37-5)15-33(4)14-19-12-22(32-26(16)34)31-23(13-19)38-6/h9,11-13,17,20-21,24-25H,8,10,14-15H2,1-7H3,(H2,29,35)(H2,30,36)(H,31,32,34)/b16-9+,18-11+/t17-,20-,21-,24+,25-/m0/s1. The third-order valence-electron chi connectivity index (χ3n) is 6.80. The molecular formula is C28H43N5O8. The number of nitrogens with two attached hydrogens (primary N) is 2. The van der Waals surface area contributed by atoms with Gasteiger partial charge in [0, 0.05) is 44.9 Å². The molecule has 0 fully saturated rings. The molecule has 5 atom stereocenters. The molecule has 41 heavy (non-hydrogen) atoms. The van der Waals surface area contributed by atoms with Crippen LogP contribution >= 0.6 is 0 Å². The van der Waals surface area contributed by atoms with Gasteiger partial charge < -0.3 is 40.5 Å². The lowest BCUT2D eigenvalue weighted by molar-refractivity contribution is -0.112. The van der Waals surface area contributed by atoms with E-state index in [-0.39, 0.29) is 24.3 Å². The minimum atomic E-state index is -1.04. The van der Waals surface area contributed by atoms with Crippen LogP contribution in [-0.2, 0) is 30.3 Å². The van der Waals surface area contributed by atoms with Gasteiger partial charge in [0.25, 0.3) is 5.91 Å². The molecule has 228 valence electrons. The summed E-state index contributed by atoms with van der Waals surface area (Å²) in [5.74, 6) is 0.107. The van der Waals surface area contributed by atoms with Crippen LogP contribution in [0.25, 0.3) is 0 Å². The number of primary amides is 2. The van der Waals surface area contributed by atoms with Crippen LogP contribution in [0.2, 0.25) is 0 Å². The number of anilines is 1. The number of ether oxygens (including phenoxy) is 5. The Hall–Kier alpha value is -3.68. The number of rotatable bonds is 5. The molecule has 0 aliphatic carbocycles. The Bertz CT molecular complexity index is 1120. The molecule has 0 spiro atoms. The van der Waals surface area contributed by atoms with Gasteiger partial charge in [-0.2, -0.15) is 4.98 Å². The maximum Gasteiger partial charge on any atom is 0.405 e. The van der Waals surface area contributed by atoms with Crippen LogP contribution in [0.1, 0.15) is 39.2 Å². The quantitative estimate of drug-likeness (QED) is 0.441. The van der Waals surface area contributed by atoms with Crippen LogP contribution < -0.4 is 21.5 Å². The van der Waals surface area contributed by atoms with Gasteiger partial charge in [0.05, 0.1) is 19.3 Å². The van der Waals surface area contributed by atoms with E-state index in [1.807, 2.05) is 20.0 Å². The number of carbonyl (C=O) groups excluding carboxylic acids is 3. The highest BCUT2D eigenvalue weighted by atomic mass is 16.6. The van der Waals surface area contributed by atoms with E-state index >= 15 is 0 Å². The molecule has 0 radical (unpaired) electrons. The molecule has 1 aromatic heterocycles. The van der Waals surface area contributed by atoms with Gasteiger partial charge in [0.2, 0.25) is 5.88 Å². The smallest absolute Gasteiger partial charge is 0.405 e. The summed E-state index contributed by atoms with van der Waals surface area (Å²) >= 11 is 0. The number of pyridine rings is 1. The van der Waals surface area contributed by atoms with Crippen molar-refractivity contribution < 1.29 is 38.1 Å². The molecule has 0 saturated heterocycles.